The van der Waals surface area contributed by atoms with Gasteiger partial charge in [-0.3, -0.25) is 9.69 Å². The van der Waals surface area contributed by atoms with E-state index >= 15 is 0 Å². The average Bonchev–Trinajstić information content (AvgIpc) is 2.29. The molecule has 0 unspecified atom stereocenters. The molecule has 0 aromatic heterocycles. The molecule has 19 heavy (non-hydrogen) atoms. The Morgan fingerprint density at radius 1 is 1.32 bits per heavy atom. The third-order valence-electron chi connectivity index (χ3n) is 3.38. The number of amides is 1. The Morgan fingerprint density at radius 3 is 2.32 bits per heavy atom. The number of sulfone groups is 1. The lowest BCUT2D eigenvalue weighted by molar-refractivity contribution is -0.124. The minimum atomic E-state index is -2.84. The predicted octanol–water partition coefficient (Wildman–Crippen LogP) is -0.794. The summed E-state index contributed by atoms with van der Waals surface area (Å²) in [6, 6.07) is -0.533. The van der Waals surface area contributed by atoms with Crippen molar-refractivity contribution in [3.8, 4) is 0 Å². The summed E-state index contributed by atoms with van der Waals surface area (Å²) >= 11 is 0. The maximum atomic E-state index is 11.8. The van der Waals surface area contributed by atoms with Crippen LogP contribution in [0.4, 0.5) is 0 Å². The molecule has 3 N–H and O–H groups in total. The number of nitrogens with one attached hydrogen (secondary N) is 1. The number of nitrogens with zero attached hydrogens (tertiary/aromatic N) is 1. The molecule has 1 atom stereocenters. The second-order valence-electron chi connectivity index (χ2n) is 6.13. The van der Waals surface area contributed by atoms with Crippen molar-refractivity contribution in [2.75, 3.05) is 37.7 Å². The van der Waals surface area contributed by atoms with Crippen LogP contribution in [0.2, 0.25) is 0 Å². The first-order valence-electron chi connectivity index (χ1n) is 6.58. The van der Waals surface area contributed by atoms with E-state index in [4.69, 9.17) is 5.73 Å². The summed E-state index contributed by atoms with van der Waals surface area (Å²) in [5, 5.41) is 2.80. The van der Waals surface area contributed by atoms with Crippen molar-refractivity contribution in [3.63, 3.8) is 0 Å². The number of hydrogen-bond donors (Lipinski definition) is 2. The monoisotopic (exact) mass is 291 g/mol. The fourth-order valence-electron chi connectivity index (χ4n) is 1.81. The van der Waals surface area contributed by atoms with E-state index in [1.807, 2.05) is 25.7 Å². The molecule has 0 aromatic rings. The third-order valence-corrected chi connectivity index (χ3v) is 4.99. The molecular formula is C12H25N3O3S. The lowest BCUT2D eigenvalue weighted by Gasteiger charge is -2.28. The Kier molecular flexibility index (Phi) is 5.34. The fourth-order valence-corrected chi connectivity index (χ4v) is 3.09. The van der Waals surface area contributed by atoms with E-state index in [1.165, 1.54) is 0 Å². The highest BCUT2D eigenvalue weighted by Gasteiger charge is 2.27. The Hall–Kier alpha value is -0.660. The zero-order valence-electron chi connectivity index (χ0n) is 12.0. The summed E-state index contributed by atoms with van der Waals surface area (Å²) in [6.45, 7) is 8.03. The molecule has 7 heteroatoms. The molecule has 1 aliphatic rings. The van der Waals surface area contributed by atoms with Gasteiger partial charge in [0, 0.05) is 26.2 Å². The number of rotatable bonds is 4. The van der Waals surface area contributed by atoms with Gasteiger partial charge in [0.2, 0.25) is 5.91 Å². The van der Waals surface area contributed by atoms with Crippen LogP contribution in [0.15, 0.2) is 0 Å². The second-order valence-corrected chi connectivity index (χ2v) is 8.43. The van der Waals surface area contributed by atoms with Crippen LogP contribution in [0, 0.1) is 5.41 Å². The normalized spacial score (nSPS) is 21.9. The molecule has 0 spiro atoms. The van der Waals surface area contributed by atoms with E-state index in [-0.39, 0.29) is 22.8 Å². The molecular weight excluding hydrogens is 266 g/mol. The van der Waals surface area contributed by atoms with E-state index < -0.39 is 15.9 Å². The average molecular weight is 291 g/mol. The van der Waals surface area contributed by atoms with Crippen LogP contribution < -0.4 is 11.1 Å². The quantitative estimate of drug-likeness (QED) is 0.708. The summed E-state index contributed by atoms with van der Waals surface area (Å²) in [7, 11) is -2.84. The molecule has 1 aliphatic heterocycles. The number of carbonyl (C=O) groups excluding carboxylic acids is 1. The molecule has 112 valence electrons. The SMILES string of the molecule is CC(C)(C)[C@H](N)C(=O)NCCN1CCS(=O)(=O)CC1. The fraction of sp³-hybridized carbons (Fsp3) is 0.917. The lowest BCUT2D eigenvalue weighted by Crippen LogP contribution is -2.50. The minimum Gasteiger partial charge on any atom is -0.353 e. The van der Waals surface area contributed by atoms with Crippen LogP contribution in [-0.2, 0) is 14.6 Å². The molecule has 1 rings (SSSR count). The molecule has 1 saturated heterocycles. The summed E-state index contributed by atoms with van der Waals surface area (Å²) < 4.78 is 22.5. The topological polar surface area (TPSA) is 92.5 Å². The van der Waals surface area contributed by atoms with Crippen LogP contribution in [0.25, 0.3) is 0 Å². The highest BCUT2D eigenvalue weighted by Crippen LogP contribution is 2.16. The highest BCUT2D eigenvalue weighted by molar-refractivity contribution is 7.91. The van der Waals surface area contributed by atoms with Gasteiger partial charge in [0.05, 0.1) is 17.5 Å². The minimum absolute atomic E-state index is 0.155. The van der Waals surface area contributed by atoms with Gasteiger partial charge >= 0.3 is 0 Å². The van der Waals surface area contributed by atoms with Crippen LogP contribution in [0.1, 0.15) is 20.8 Å². The number of carbonyl (C=O) groups is 1. The van der Waals surface area contributed by atoms with Crippen molar-refractivity contribution < 1.29 is 13.2 Å². The van der Waals surface area contributed by atoms with Gasteiger partial charge in [0.25, 0.3) is 0 Å². The molecule has 1 fully saturated rings. The summed E-state index contributed by atoms with van der Waals surface area (Å²) in [5.74, 6) is 0.266. The molecule has 0 radical (unpaired) electrons. The molecule has 1 amide bonds. The smallest absolute Gasteiger partial charge is 0.237 e. The highest BCUT2D eigenvalue weighted by atomic mass is 32.2. The van der Waals surface area contributed by atoms with Gasteiger partial charge in [-0.15, -0.1) is 0 Å². The predicted molar refractivity (Wildman–Crippen MR) is 75.5 cm³/mol. The van der Waals surface area contributed by atoms with Crippen molar-refractivity contribution in [1.29, 1.82) is 0 Å². The molecule has 0 aliphatic carbocycles. The molecule has 0 bridgehead atoms. The maximum absolute atomic E-state index is 11.8. The van der Waals surface area contributed by atoms with E-state index in [2.05, 4.69) is 5.32 Å². The molecule has 0 saturated carbocycles. The Labute approximate surface area is 115 Å². The van der Waals surface area contributed by atoms with Gasteiger partial charge < -0.3 is 11.1 Å². The Morgan fingerprint density at radius 2 is 1.84 bits per heavy atom. The molecule has 6 nitrogen and oxygen atoms in total. The van der Waals surface area contributed by atoms with Gasteiger partial charge in [-0.25, -0.2) is 8.42 Å². The maximum Gasteiger partial charge on any atom is 0.237 e. The van der Waals surface area contributed by atoms with Crippen molar-refractivity contribution >= 4 is 15.7 Å². The number of hydrogen-bond acceptors (Lipinski definition) is 5. The molecule has 1 heterocycles. The second kappa shape index (κ2) is 6.19. The van der Waals surface area contributed by atoms with E-state index in [9.17, 15) is 13.2 Å². The van der Waals surface area contributed by atoms with Crippen molar-refractivity contribution in [3.05, 3.63) is 0 Å². The van der Waals surface area contributed by atoms with E-state index in [0.29, 0.717) is 26.2 Å². The molecule has 0 aromatic carbocycles. The first-order valence-corrected chi connectivity index (χ1v) is 8.40. The summed E-state index contributed by atoms with van der Waals surface area (Å²) in [6.07, 6.45) is 0. The van der Waals surface area contributed by atoms with Gasteiger partial charge in [-0.2, -0.15) is 0 Å². The van der Waals surface area contributed by atoms with Gasteiger partial charge in [-0.05, 0) is 5.41 Å². The Bertz CT molecular complexity index is 400. The zero-order valence-corrected chi connectivity index (χ0v) is 12.8. The van der Waals surface area contributed by atoms with Crippen LogP contribution in [-0.4, -0.2) is 63.0 Å². The van der Waals surface area contributed by atoms with Gasteiger partial charge in [0.15, 0.2) is 9.84 Å². The van der Waals surface area contributed by atoms with Crippen molar-refractivity contribution in [1.82, 2.24) is 10.2 Å². The van der Waals surface area contributed by atoms with Crippen LogP contribution in [0.3, 0.4) is 0 Å². The van der Waals surface area contributed by atoms with Gasteiger partial charge in [0.1, 0.15) is 0 Å². The van der Waals surface area contributed by atoms with Crippen molar-refractivity contribution in [2.24, 2.45) is 11.1 Å². The first-order chi connectivity index (χ1) is 8.62. The lowest BCUT2D eigenvalue weighted by atomic mass is 9.87. The summed E-state index contributed by atoms with van der Waals surface area (Å²) in [5.41, 5.74) is 5.58. The number of nitrogens with two attached hydrogens (primary N) is 1. The van der Waals surface area contributed by atoms with Crippen molar-refractivity contribution in [2.45, 2.75) is 26.8 Å². The third kappa shape index (κ3) is 5.46. The van der Waals surface area contributed by atoms with Gasteiger partial charge in [-0.1, -0.05) is 20.8 Å². The van der Waals surface area contributed by atoms with E-state index in [1.54, 1.807) is 0 Å². The van der Waals surface area contributed by atoms with Crippen LogP contribution >= 0.6 is 0 Å². The first kappa shape index (κ1) is 16.4. The zero-order chi connectivity index (χ0) is 14.7. The van der Waals surface area contributed by atoms with E-state index in [0.717, 1.165) is 0 Å². The largest absolute Gasteiger partial charge is 0.353 e. The summed E-state index contributed by atoms with van der Waals surface area (Å²) in [4.78, 5) is 13.8. The standard InChI is InChI=1S/C12H25N3O3S/c1-12(2,3)10(13)11(16)14-4-5-15-6-8-19(17,18)9-7-15/h10H,4-9,13H2,1-3H3,(H,14,16)/t10-/m1/s1. The van der Waals surface area contributed by atoms with Crippen LogP contribution in [0.5, 0.6) is 0 Å². The Balaban J connectivity index is 2.26.